The van der Waals surface area contributed by atoms with Gasteiger partial charge >= 0.3 is 0 Å². The van der Waals surface area contributed by atoms with Crippen LogP contribution >= 0.6 is 11.8 Å². The molecule has 0 bridgehead atoms. The van der Waals surface area contributed by atoms with E-state index in [0.29, 0.717) is 6.54 Å². The van der Waals surface area contributed by atoms with Crippen molar-refractivity contribution in [2.75, 3.05) is 6.54 Å². The Hall–Kier alpha value is -1.33. The van der Waals surface area contributed by atoms with Gasteiger partial charge in [0.15, 0.2) is 5.16 Å². The van der Waals surface area contributed by atoms with Crippen LogP contribution in [0.4, 0.5) is 0 Å². The molecule has 1 heterocycles. The number of aryl methyl sites for hydroxylation is 3. The van der Waals surface area contributed by atoms with Crippen molar-refractivity contribution >= 4 is 11.8 Å². The second kappa shape index (κ2) is 6.21. The number of rotatable bonds is 5. The molecule has 0 radical (unpaired) electrons. The van der Waals surface area contributed by atoms with E-state index < -0.39 is 0 Å². The van der Waals surface area contributed by atoms with Gasteiger partial charge in [-0.05, 0) is 37.5 Å². The van der Waals surface area contributed by atoms with Gasteiger partial charge in [0.2, 0.25) is 0 Å². The number of thioether (sulfide) groups is 1. The van der Waals surface area contributed by atoms with E-state index in [9.17, 15) is 0 Å². The molecule has 0 aliphatic rings. The zero-order chi connectivity index (χ0) is 13.8. The van der Waals surface area contributed by atoms with Crippen LogP contribution in [0.25, 0.3) is 0 Å². The van der Waals surface area contributed by atoms with Gasteiger partial charge in [0.05, 0.1) is 0 Å². The van der Waals surface area contributed by atoms with E-state index >= 15 is 0 Å². The van der Waals surface area contributed by atoms with Gasteiger partial charge in [0, 0.05) is 18.8 Å². The predicted molar refractivity (Wildman–Crippen MR) is 79.3 cm³/mol. The topological polar surface area (TPSA) is 56.7 Å². The van der Waals surface area contributed by atoms with Gasteiger partial charge in [-0.3, -0.25) is 0 Å². The molecule has 2 N–H and O–H groups in total. The van der Waals surface area contributed by atoms with Crippen LogP contribution in [0.5, 0.6) is 0 Å². The van der Waals surface area contributed by atoms with Gasteiger partial charge in [0.1, 0.15) is 5.82 Å². The summed E-state index contributed by atoms with van der Waals surface area (Å²) in [4.78, 5) is 0. The second-order valence-electron chi connectivity index (χ2n) is 4.68. The number of hydrogen-bond acceptors (Lipinski definition) is 4. The normalized spacial score (nSPS) is 10.9. The zero-order valence-corrected chi connectivity index (χ0v) is 12.5. The first kappa shape index (κ1) is 14.1. The summed E-state index contributed by atoms with van der Waals surface area (Å²) >= 11 is 1.71. The Balaban J connectivity index is 2.07. The molecule has 0 spiro atoms. The lowest BCUT2D eigenvalue weighted by molar-refractivity contribution is 0.627. The molecule has 0 aliphatic heterocycles. The standard InChI is InChI=1S/C14H20N4S/c1-10-4-5-13(8-11(10)2)9-19-14-17-16-12(3)18(14)7-6-15/h4-5,8H,6-7,9,15H2,1-3H3. The van der Waals surface area contributed by atoms with E-state index in [1.54, 1.807) is 11.8 Å². The summed E-state index contributed by atoms with van der Waals surface area (Å²) in [6, 6.07) is 6.58. The summed E-state index contributed by atoms with van der Waals surface area (Å²) in [7, 11) is 0. The Morgan fingerprint density at radius 3 is 2.63 bits per heavy atom. The molecule has 5 heteroatoms. The zero-order valence-electron chi connectivity index (χ0n) is 11.7. The average molecular weight is 276 g/mol. The van der Waals surface area contributed by atoms with Crippen molar-refractivity contribution in [3.63, 3.8) is 0 Å². The van der Waals surface area contributed by atoms with Crippen molar-refractivity contribution in [1.29, 1.82) is 0 Å². The van der Waals surface area contributed by atoms with Crippen molar-refractivity contribution in [2.45, 2.75) is 38.2 Å². The van der Waals surface area contributed by atoms with Crippen LogP contribution in [0.15, 0.2) is 23.4 Å². The van der Waals surface area contributed by atoms with Gasteiger partial charge in [-0.2, -0.15) is 0 Å². The number of nitrogens with two attached hydrogens (primary N) is 1. The predicted octanol–water partition coefficient (Wildman–Crippen LogP) is 2.45. The van der Waals surface area contributed by atoms with Crippen LogP contribution in [-0.2, 0) is 12.3 Å². The summed E-state index contributed by atoms with van der Waals surface area (Å²) in [6.45, 7) is 7.62. The molecule has 2 aromatic rings. The Kier molecular flexibility index (Phi) is 4.61. The molecule has 1 aromatic heterocycles. The Morgan fingerprint density at radius 1 is 1.16 bits per heavy atom. The fourth-order valence-electron chi connectivity index (χ4n) is 1.90. The third-order valence-corrected chi connectivity index (χ3v) is 4.23. The van der Waals surface area contributed by atoms with Crippen LogP contribution in [0.3, 0.4) is 0 Å². The third-order valence-electron chi connectivity index (χ3n) is 3.19. The summed E-state index contributed by atoms with van der Waals surface area (Å²) in [5.41, 5.74) is 9.59. The van der Waals surface area contributed by atoms with E-state index in [1.165, 1.54) is 16.7 Å². The monoisotopic (exact) mass is 276 g/mol. The van der Waals surface area contributed by atoms with Gasteiger partial charge < -0.3 is 10.3 Å². The van der Waals surface area contributed by atoms with Gasteiger partial charge in [-0.25, -0.2) is 0 Å². The molecule has 0 amide bonds. The van der Waals surface area contributed by atoms with Crippen LogP contribution in [0, 0.1) is 20.8 Å². The van der Waals surface area contributed by atoms with E-state index in [1.807, 2.05) is 6.92 Å². The highest BCUT2D eigenvalue weighted by molar-refractivity contribution is 7.98. The maximum Gasteiger partial charge on any atom is 0.191 e. The Morgan fingerprint density at radius 2 is 1.95 bits per heavy atom. The van der Waals surface area contributed by atoms with Crippen LogP contribution < -0.4 is 5.73 Å². The van der Waals surface area contributed by atoms with Crippen LogP contribution in [-0.4, -0.2) is 21.3 Å². The molecule has 0 aliphatic carbocycles. The fraction of sp³-hybridized carbons (Fsp3) is 0.429. The van der Waals surface area contributed by atoms with Crippen molar-refractivity contribution < 1.29 is 0 Å². The molecule has 4 nitrogen and oxygen atoms in total. The van der Waals surface area contributed by atoms with Crippen LogP contribution in [0.2, 0.25) is 0 Å². The molecule has 0 saturated heterocycles. The largest absolute Gasteiger partial charge is 0.329 e. The summed E-state index contributed by atoms with van der Waals surface area (Å²) in [5.74, 6) is 1.83. The SMILES string of the molecule is Cc1ccc(CSc2nnc(C)n2CCN)cc1C. The molecule has 0 atom stereocenters. The van der Waals surface area contributed by atoms with Gasteiger partial charge in [-0.15, -0.1) is 10.2 Å². The average Bonchev–Trinajstić information content (AvgIpc) is 2.73. The molecule has 2 rings (SSSR count). The maximum absolute atomic E-state index is 5.62. The van der Waals surface area contributed by atoms with Crippen molar-refractivity contribution in [3.05, 3.63) is 40.7 Å². The van der Waals surface area contributed by atoms with Gasteiger partial charge in [0.25, 0.3) is 0 Å². The first-order valence-electron chi connectivity index (χ1n) is 6.40. The molecular formula is C14H20N4S. The lowest BCUT2D eigenvalue weighted by atomic mass is 10.1. The van der Waals surface area contributed by atoms with Crippen molar-refractivity contribution in [1.82, 2.24) is 14.8 Å². The molecule has 0 fully saturated rings. The second-order valence-corrected chi connectivity index (χ2v) is 5.62. The van der Waals surface area contributed by atoms with Crippen molar-refractivity contribution in [3.8, 4) is 0 Å². The summed E-state index contributed by atoms with van der Waals surface area (Å²) in [6.07, 6.45) is 0. The molecular weight excluding hydrogens is 256 g/mol. The van der Waals surface area contributed by atoms with E-state index in [4.69, 9.17) is 5.73 Å². The minimum atomic E-state index is 0.607. The molecule has 0 saturated carbocycles. The minimum Gasteiger partial charge on any atom is -0.329 e. The lowest BCUT2D eigenvalue weighted by Gasteiger charge is -2.07. The molecule has 1 aromatic carbocycles. The van der Waals surface area contributed by atoms with E-state index in [0.717, 1.165) is 23.3 Å². The number of aromatic nitrogens is 3. The van der Waals surface area contributed by atoms with E-state index in [2.05, 4.69) is 46.8 Å². The van der Waals surface area contributed by atoms with Crippen molar-refractivity contribution in [2.24, 2.45) is 5.73 Å². The molecule has 102 valence electrons. The first-order chi connectivity index (χ1) is 9.11. The highest BCUT2D eigenvalue weighted by Crippen LogP contribution is 2.22. The smallest absolute Gasteiger partial charge is 0.191 e. The minimum absolute atomic E-state index is 0.607. The van der Waals surface area contributed by atoms with Gasteiger partial charge in [-0.1, -0.05) is 30.0 Å². The Bertz CT molecular complexity index is 563. The summed E-state index contributed by atoms with van der Waals surface area (Å²) < 4.78 is 2.08. The number of hydrogen-bond donors (Lipinski definition) is 1. The maximum atomic E-state index is 5.62. The number of benzene rings is 1. The summed E-state index contributed by atoms with van der Waals surface area (Å²) in [5, 5.41) is 9.27. The highest BCUT2D eigenvalue weighted by Gasteiger charge is 2.09. The molecule has 0 unspecified atom stereocenters. The quantitative estimate of drug-likeness (QED) is 0.852. The molecule has 19 heavy (non-hydrogen) atoms. The lowest BCUT2D eigenvalue weighted by Crippen LogP contribution is -2.12. The van der Waals surface area contributed by atoms with Crippen LogP contribution in [0.1, 0.15) is 22.5 Å². The fourth-order valence-corrected chi connectivity index (χ4v) is 2.85. The third kappa shape index (κ3) is 3.36. The first-order valence-corrected chi connectivity index (χ1v) is 7.39. The van der Waals surface area contributed by atoms with E-state index in [-0.39, 0.29) is 0 Å². The Labute approximate surface area is 118 Å². The highest BCUT2D eigenvalue weighted by atomic mass is 32.2. The number of nitrogens with zero attached hydrogens (tertiary/aromatic N) is 3.